The van der Waals surface area contributed by atoms with Crippen molar-refractivity contribution in [3.05, 3.63) is 58.8 Å². The third-order valence-corrected chi connectivity index (χ3v) is 5.51. The molecule has 1 amide bonds. The van der Waals surface area contributed by atoms with E-state index < -0.39 is 0 Å². The van der Waals surface area contributed by atoms with Crippen molar-refractivity contribution < 1.29 is 4.79 Å². The number of pyridine rings is 1. The van der Waals surface area contributed by atoms with Gasteiger partial charge >= 0.3 is 0 Å². The first-order chi connectivity index (χ1) is 12.5. The summed E-state index contributed by atoms with van der Waals surface area (Å²) in [4.78, 5) is 25.6. The molecular weight excluding hydrogens is 362 g/mol. The maximum Gasteiger partial charge on any atom is 0.240 e. The molecule has 1 aromatic heterocycles. The minimum atomic E-state index is -0.359. The van der Waals surface area contributed by atoms with Crippen LogP contribution in [0.5, 0.6) is 0 Å². The van der Waals surface area contributed by atoms with Gasteiger partial charge < -0.3 is 15.6 Å². The molecule has 3 aromatic rings. The quantitative estimate of drug-likeness (QED) is 0.663. The van der Waals surface area contributed by atoms with E-state index in [4.69, 9.17) is 5.73 Å². The van der Waals surface area contributed by atoms with Crippen molar-refractivity contribution >= 4 is 40.1 Å². The SMILES string of the molecule is CC(CN)(NC(=O)Cn1c2ccccc2c(=O)c2ccccc21)C1CC1.Cl. The summed E-state index contributed by atoms with van der Waals surface area (Å²) in [6.45, 7) is 2.60. The molecule has 1 atom stereocenters. The van der Waals surface area contributed by atoms with Crippen molar-refractivity contribution in [3.63, 3.8) is 0 Å². The number of benzene rings is 2. The first kappa shape index (κ1) is 19.4. The zero-order valence-corrected chi connectivity index (χ0v) is 16.1. The van der Waals surface area contributed by atoms with Crippen LogP contribution in [0.3, 0.4) is 0 Å². The minimum Gasteiger partial charge on any atom is -0.348 e. The van der Waals surface area contributed by atoms with Gasteiger partial charge in [-0.05, 0) is 49.9 Å². The van der Waals surface area contributed by atoms with Crippen LogP contribution in [0.2, 0.25) is 0 Å². The lowest BCUT2D eigenvalue weighted by atomic mass is 9.96. The summed E-state index contributed by atoms with van der Waals surface area (Å²) in [7, 11) is 0. The average Bonchev–Trinajstić information content (AvgIpc) is 3.51. The van der Waals surface area contributed by atoms with Gasteiger partial charge in [0.2, 0.25) is 5.91 Å². The molecule has 142 valence electrons. The molecule has 2 aromatic carbocycles. The van der Waals surface area contributed by atoms with Crippen LogP contribution in [-0.2, 0) is 11.3 Å². The largest absolute Gasteiger partial charge is 0.348 e. The second-order valence-electron chi connectivity index (χ2n) is 7.39. The molecule has 6 heteroatoms. The van der Waals surface area contributed by atoms with E-state index in [-0.39, 0.29) is 35.8 Å². The number of aromatic nitrogens is 1. The second kappa shape index (κ2) is 7.33. The fourth-order valence-electron chi connectivity index (χ4n) is 3.79. The summed E-state index contributed by atoms with van der Waals surface area (Å²) in [5.41, 5.74) is 7.11. The summed E-state index contributed by atoms with van der Waals surface area (Å²) < 4.78 is 1.92. The Balaban J connectivity index is 0.00000210. The van der Waals surface area contributed by atoms with E-state index in [1.54, 1.807) is 0 Å². The summed E-state index contributed by atoms with van der Waals surface area (Å²) in [6, 6.07) is 14.9. The van der Waals surface area contributed by atoms with Gasteiger partial charge in [-0.3, -0.25) is 9.59 Å². The number of nitrogens with two attached hydrogens (primary N) is 1. The van der Waals surface area contributed by atoms with Gasteiger partial charge in [-0.25, -0.2) is 0 Å². The molecule has 4 rings (SSSR count). The second-order valence-corrected chi connectivity index (χ2v) is 7.39. The molecule has 1 saturated carbocycles. The fourth-order valence-corrected chi connectivity index (χ4v) is 3.79. The zero-order valence-electron chi connectivity index (χ0n) is 15.3. The molecule has 0 bridgehead atoms. The first-order valence-corrected chi connectivity index (χ1v) is 9.05. The Hall–Kier alpha value is -2.37. The Morgan fingerprint density at radius 1 is 1.11 bits per heavy atom. The van der Waals surface area contributed by atoms with Gasteiger partial charge in [-0.1, -0.05) is 24.3 Å². The number of halogens is 1. The highest BCUT2D eigenvalue weighted by Gasteiger charge is 2.41. The molecule has 1 unspecified atom stereocenters. The lowest BCUT2D eigenvalue weighted by molar-refractivity contribution is -0.123. The van der Waals surface area contributed by atoms with Gasteiger partial charge in [0.05, 0.1) is 16.6 Å². The van der Waals surface area contributed by atoms with Gasteiger partial charge in [0.25, 0.3) is 0 Å². The average molecular weight is 386 g/mol. The topological polar surface area (TPSA) is 77.1 Å². The number of amides is 1. The molecule has 27 heavy (non-hydrogen) atoms. The molecule has 0 radical (unpaired) electrons. The van der Waals surface area contributed by atoms with Crippen molar-refractivity contribution in [2.24, 2.45) is 11.7 Å². The number of para-hydroxylation sites is 2. The molecule has 0 aliphatic heterocycles. The maximum absolute atomic E-state index is 12.8. The van der Waals surface area contributed by atoms with Crippen LogP contribution in [0.15, 0.2) is 53.3 Å². The monoisotopic (exact) mass is 385 g/mol. The molecular formula is C21H24ClN3O2. The highest BCUT2D eigenvalue weighted by Crippen LogP contribution is 2.39. The Kier molecular flexibility index (Phi) is 5.27. The summed E-state index contributed by atoms with van der Waals surface area (Å²) in [5, 5.41) is 4.39. The van der Waals surface area contributed by atoms with Crippen molar-refractivity contribution in [1.29, 1.82) is 0 Å². The number of carbonyl (C=O) groups is 1. The standard InChI is InChI=1S/C21H23N3O2.ClH/c1-21(13-22,14-10-11-14)23-19(25)12-24-17-8-4-2-6-15(17)20(26)16-7-3-5-9-18(16)24;/h2-9,14H,10-13,22H2,1H3,(H,23,25);1H. The Bertz CT molecular complexity index is 998. The maximum atomic E-state index is 12.8. The Morgan fingerprint density at radius 2 is 1.63 bits per heavy atom. The van der Waals surface area contributed by atoms with Crippen LogP contribution >= 0.6 is 12.4 Å². The highest BCUT2D eigenvalue weighted by atomic mass is 35.5. The van der Waals surface area contributed by atoms with Crippen LogP contribution in [-0.4, -0.2) is 22.6 Å². The van der Waals surface area contributed by atoms with Crippen LogP contribution in [0.1, 0.15) is 19.8 Å². The molecule has 1 aliphatic rings. The first-order valence-electron chi connectivity index (χ1n) is 9.05. The predicted molar refractivity (Wildman–Crippen MR) is 111 cm³/mol. The van der Waals surface area contributed by atoms with Crippen molar-refractivity contribution in [2.45, 2.75) is 31.8 Å². The van der Waals surface area contributed by atoms with Crippen molar-refractivity contribution in [2.75, 3.05) is 6.54 Å². The van der Waals surface area contributed by atoms with E-state index >= 15 is 0 Å². The van der Waals surface area contributed by atoms with Crippen LogP contribution in [0.4, 0.5) is 0 Å². The highest BCUT2D eigenvalue weighted by molar-refractivity contribution is 5.94. The fraction of sp³-hybridized carbons (Fsp3) is 0.333. The van der Waals surface area contributed by atoms with Gasteiger partial charge in [0.15, 0.2) is 5.43 Å². The molecule has 1 heterocycles. The van der Waals surface area contributed by atoms with Gasteiger partial charge in [-0.2, -0.15) is 0 Å². The van der Waals surface area contributed by atoms with E-state index in [2.05, 4.69) is 5.32 Å². The Labute approximate surface area is 164 Å². The number of carbonyl (C=O) groups excluding carboxylic acids is 1. The normalized spacial score (nSPS) is 15.9. The summed E-state index contributed by atoms with van der Waals surface area (Å²) in [5.74, 6) is 0.378. The zero-order chi connectivity index (χ0) is 18.3. The smallest absolute Gasteiger partial charge is 0.240 e. The van der Waals surface area contributed by atoms with E-state index in [0.717, 1.165) is 23.9 Å². The molecule has 1 aliphatic carbocycles. The van der Waals surface area contributed by atoms with E-state index in [1.807, 2.05) is 60.0 Å². The lowest BCUT2D eigenvalue weighted by Gasteiger charge is -2.30. The number of nitrogens with zero attached hydrogens (tertiary/aromatic N) is 1. The van der Waals surface area contributed by atoms with E-state index in [0.29, 0.717) is 23.2 Å². The van der Waals surface area contributed by atoms with Gasteiger partial charge in [0, 0.05) is 17.3 Å². The summed E-state index contributed by atoms with van der Waals surface area (Å²) in [6.07, 6.45) is 2.22. The predicted octanol–water partition coefficient (Wildman–Crippen LogP) is 2.82. The minimum absolute atomic E-state index is 0. The van der Waals surface area contributed by atoms with Crippen LogP contribution in [0.25, 0.3) is 21.8 Å². The third kappa shape index (κ3) is 3.45. The molecule has 0 saturated heterocycles. The van der Waals surface area contributed by atoms with E-state index in [9.17, 15) is 9.59 Å². The molecule has 5 nitrogen and oxygen atoms in total. The van der Waals surface area contributed by atoms with Crippen molar-refractivity contribution in [3.8, 4) is 0 Å². The number of fused-ring (bicyclic) bond motifs is 2. The number of hydrogen-bond donors (Lipinski definition) is 2. The number of hydrogen-bond acceptors (Lipinski definition) is 3. The van der Waals surface area contributed by atoms with Gasteiger partial charge in [0.1, 0.15) is 6.54 Å². The molecule has 3 N–H and O–H groups in total. The van der Waals surface area contributed by atoms with Gasteiger partial charge in [-0.15, -0.1) is 12.4 Å². The summed E-state index contributed by atoms with van der Waals surface area (Å²) >= 11 is 0. The molecule has 1 fully saturated rings. The van der Waals surface area contributed by atoms with E-state index in [1.165, 1.54) is 0 Å². The molecule has 0 spiro atoms. The van der Waals surface area contributed by atoms with Crippen molar-refractivity contribution in [1.82, 2.24) is 9.88 Å². The Morgan fingerprint density at radius 3 is 2.11 bits per heavy atom. The third-order valence-electron chi connectivity index (χ3n) is 5.51. The lowest BCUT2D eigenvalue weighted by Crippen LogP contribution is -2.54. The number of rotatable bonds is 5. The number of nitrogens with one attached hydrogen (secondary N) is 1. The van der Waals surface area contributed by atoms with Crippen LogP contribution < -0.4 is 16.5 Å². The van der Waals surface area contributed by atoms with Crippen LogP contribution in [0, 0.1) is 5.92 Å².